The second-order valence-electron chi connectivity index (χ2n) is 4.23. The normalized spacial score (nSPS) is 10.7. The molecule has 0 unspecified atom stereocenters. The Labute approximate surface area is 115 Å². The Morgan fingerprint density at radius 2 is 2.15 bits per heavy atom. The molecule has 20 heavy (non-hydrogen) atoms. The van der Waals surface area contributed by atoms with Crippen molar-refractivity contribution in [2.45, 2.75) is 6.42 Å². The molecule has 0 fully saturated rings. The van der Waals surface area contributed by atoms with Crippen molar-refractivity contribution in [1.82, 2.24) is 20.6 Å². The number of carbonyl (C=O) groups excluding carboxylic acids is 1. The van der Waals surface area contributed by atoms with Crippen LogP contribution >= 0.6 is 0 Å². The van der Waals surface area contributed by atoms with Crippen molar-refractivity contribution in [2.75, 3.05) is 24.4 Å². The summed E-state index contributed by atoms with van der Waals surface area (Å²) in [7, 11) is 3.90. The van der Waals surface area contributed by atoms with E-state index in [1.54, 1.807) is 12.1 Å². The van der Waals surface area contributed by atoms with Crippen LogP contribution in [0.2, 0.25) is 0 Å². The summed E-state index contributed by atoms with van der Waals surface area (Å²) in [6.07, 6.45) is 1.67. The number of carbonyl (C=O) groups is 1. The number of ketones is 1. The average molecular weight is 273 g/mol. The van der Waals surface area contributed by atoms with Gasteiger partial charge in [0.05, 0.1) is 0 Å². The first-order valence-electron chi connectivity index (χ1n) is 5.98. The lowest BCUT2D eigenvalue weighted by Gasteiger charge is -2.12. The fourth-order valence-electron chi connectivity index (χ4n) is 1.50. The van der Waals surface area contributed by atoms with Crippen LogP contribution in [0.5, 0.6) is 0 Å². The van der Waals surface area contributed by atoms with Gasteiger partial charge in [0, 0.05) is 38.0 Å². The Hall–Kier alpha value is -2.77. The highest BCUT2D eigenvalue weighted by Gasteiger charge is 2.04. The minimum atomic E-state index is -0.00559. The molecule has 0 spiro atoms. The highest BCUT2D eigenvalue weighted by Crippen LogP contribution is 2.13. The highest BCUT2D eigenvalue weighted by atomic mass is 16.1. The number of tetrazole rings is 1. The number of nitrogens with zero attached hydrogens (tertiary/aromatic N) is 5. The molecule has 2 rings (SSSR count). The number of hydrogen-bond donors (Lipinski definition) is 2. The van der Waals surface area contributed by atoms with Gasteiger partial charge in [-0.2, -0.15) is 10.3 Å². The van der Waals surface area contributed by atoms with Crippen molar-refractivity contribution in [2.24, 2.45) is 5.10 Å². The molecule has 1 aromatic carbocycles. The molecule has 0 aliphatic carbocycles. The van der Waals surface area contributed by atoms with Gasteiger partial charge in [-0.1, -0.05) is 5.10 Å². The van der Waals surface area contributed by atoms with Crippen LogP contribution in [-0.4, -0.2) is 46.7 Å². The van der Waals surface area contributed by atoms with E-state index in [0.717, 1.165) is 5.69 Å². The fourth-order valence-corrected chi connectivity index (χ4v) is 1.50. The second kappa shape index (κ2) is 6.41. The number of aromatic nitrogens is 4. The number of nitrogens with one attached hydrogen (secondary N) is 2. The minimum Gasteiger partial charge on any atom is -0.378 e. The van der Waals surface area contributed by atoms with Gasteiger partial charge in [-0.25, -0.2) is 5.43 Å². The highest BCUT2D eigenvalue weighted by molar-refractivity contribution is 6.03. The van der Waals surface area contributed by atoms with Crippen molar-refractivity contribution < 1.29 is 4.79 Å². The van der Waals surface area contributed by atoms with Crippen LogP contribution in [0.1, 0.15) is 16.8 Å². The Morgan fingerprint density at radius 3 is 2.75 bits per heavy atom. The number of hydrazone groups is 1. The Balaban J connectivity index is 1.86. The molecule has 2 aromatic rings. The zero-order valence-electron chi connectivity index (χ0n) is 11.2. The first kappa shape index (κ1) is 13.7. The maximum atomic E-state index is 11.9. The number of hydrogen-bond acceptors (Lipinski definition) is 7. The first-order valence-corrected chi connectivity index (χ1v) is 5.98. The molecule has 0 aliphatic heterocycles. The van der Waals surface area contributed by atoms with Crippen LogP contribution in [0.3, 0.4) is 0 Å². The summed E-state index contributed by atoms with van der Waals surface area (Å²) in [4.78, 5) is 13.9. The van der Waals surface area contributed by atoms with Crippen LogP contribution in [0.15, 0.2) is 29.4 Å². The standard InChI is InChI=1S/C12H15N7O/c1-19(2)10-5-3-9(4-6-10)11(20)7-8-13-14-12-15-17-18-16-12/h3-6,8H,7H2,1-2H3,(H2,14,15,16,17,18)/b13-8-. The molecule has 0 atom stereocenters. The van der Waals surface area contributed by atoms with Gasteiger partial charge >= 0.3 is 0 Å². The molecule has 8 heteroatoms. The quantitative estimate of drug-likeness (QED) is 0.461. The van der Waals surface area contributed by atoms with Gasteiger partial charge in [-0.05, 0) is 29.5 Å². The SMILES string of the molecule is CN(C)c1ccc(C(=O)C/C=N\Nc2nn[nH]n2)cc1. The molecule has 0 saturated heterocycles. The van der Waals surface area contributed by atoms with Gasteiger partial charge in [-0.15, -0.1) is 5.10 Å². The summed E-state index contributed by atoms with van der Waals surface area (Å²) in [6, 6.07) is 7.42. The Kier molecular flexibility index (Phi) is 4.38. The molecule has 0 aliphatic rings. The van der Waals surface area contributed by atoms with Gasteiger partial charge in [0.15, 0.2) is 5.78 Å². The van der Waals surface area contributed by atoms with Crippen molar-refractivity contribution in [1.29, 1.82) is 0 Å². The van der Waals surface area contributed by atoms with E-state index in [-0.39, 0.29) is 18.2 Å². The molecular formula is C12H15N7O. The third-order valence-electron chi connectivity index (χ3n) is 2.58. The second-order valence-corrected chi connectivity index (χ2v) is 4.23. The summed E-state index contributed by atoms with van der Waals surface area (Å²) < 4.78 is 0. The molecule has 0 bridgehead atoms. The molecule has 1 heterocycles. The summed E-state index contributed by atoms with van der Waals surface area (Å²) in [5.41, 5.74) is 4.25. The van der Waals surface area contributed by atoms with Crippen LogP contribution in [0.25, 0.3) is 0 Å². The lowest BCUT2D eigenvalue weighted by molar-refractivity contribution is 0.100. The molecule has 2 N–H and O–H groups in total. The van der Waals surface area contributed by atoms with Gasteiger partial charge in [0.25, 0.3) is 5.95 Å². The first-order chi connectivity index (χ1) is 9.66. The summed E-state index contributed by atoms with van der Waals surface area (Å²) in [6.45, 7) is 0. The van der Waals surface area contributed by atoms with Crippen molar-refractivity contribution in [3.05, 3.63) is 29.8 Å². The summed E-state index contributed by atoms with van der Waals surface area (Å²) in [5, 5.41) is 16.8. The lowest BCUT2D eigenvalue weighted by atomic mass is 10.1. The van der Waals surface area contributed by atoms with Gasteiger partial charge in [0.2, 0.25) is 0 Å². The molecule has 0 saturated carbocycles. The zero-order valence-corrected chi connectivity index (χ0v) is 11.2. The van der Waals surface area contributed by atoms with E-state index >= 15 is 0 Å². The number of benzene rings is 1. The summed E-state index contributed by atoms with van der Waals surface area (Å²) >= 11 is 0. The van der Waals surface area contributed by atoms with Crippen LogP contribution < -0.4 is 10.3 Å². The van der Waals surface area contributed by atoms with Crippen LogP contribution in [-0.2, 0) is 0 Å². The van der Waals surface area contributed by atoms with E-state index in [2.05, 4.69) is 31.2 Å². The third kappa shape index (κ3) is 3.61. The topological polar surface area (TPSA) is 99.2 Å². The van der Waals surface area contributed by atoms with Crippen LogP contribution in [0, 0.1) is 0 Å². The number of anilines is 2. The maximum absolute atomic E-state index is 11.9. The Morgan fingerprint density at radius 1 is 1.40 bits per heavy atom. The number of rotatable bonds is 6. The van der Waals surface area contributed by atoms with E-state index in [4.69, 9.17) is 0 Å². The molecule has 8 nitrogen and oxygen atoms in total. The lowest BCUT2D eigenvalue weighted by Crippen LogP contribution is -2.09. The molecule has 0 radical (unpaired) electrons. The van der Waals surface area contributed by atoms with E-state index in [1.807, 2.05) is 31.1 Å². The Bertz CT molecular complexity index is 574. The van der Waals surface area contributed by atoms with E-state index in [0.29, 0.717) is 5.56 Å². The van der Waals surface area contributed by atoms with E-state index < -0.39 is 0 Å². The van der Waals surface area contributed by atoms with Crippen molar-refractivity contribution in [3.8, 4) is 0 Å². The van der Waals surface area contributed by atoms with Gasteiger partial charge < -0.3 is 4.90 Å². The minimum absolute atomic E-state index is 0.00559. The monoisotopic (exact) mass is 273 g/mol. The maximum Gasteiger partial charge on any atom is 0.283 e. The predicted octanol–water partition coefficient (Wildman–Crippen LogP) is 0.936. The van der Waals surface area contributed by atoms with E-state index in [9.17, 15) is 4.79 Å². The molecule has 0 amide bonds. The van der Waals surface area contributed by atoms with Gasteiger partial charge in [-0.3, -0.25) is 4.79 Å². The van der Waals surface area contributed by atoms with Crippen molar-refractivity contribution >= 4 is 23.6 Å². The molecular weight excluding hydrogens is 258 g/mol. The third-order valence-corrected chi connectivity index (χ3v) is 2.58. The molecule has 104 valence electrons. The van der Waals surface area contributed by atoms with Crippen LogP contribution in [0.4, 0.5) is 11.6 Å². The van der Waals surface area contributed by atoms with Crippen molar-refractivity contribution in [3.63, 3.8) is 0 Å². The number of Topliss-reactive ketones (excluding diaryl/α,β-unsaturated/α-hetero) is 1. The number of aromatic amines is 1. The molecule has 1 aromatic heterocycles. The smallest absolute Gasteiger partial charge is 0.283 e. The fraction of sp³-hybridized carbons (Fsp3) is 0.250. The van der Waals surface area contributed by atoms with E-state index in [1.165, 1.54) is 6.21 Å². The van der Waals surface area contributed by atoms with Gasteiger partial charge in [0.1, 0.15) is 0 Å². The largest absolute Gasteiger partial charge is 0.378 e. The average Bonchev–Trinajstić information content (AvgIpc) is 2.96. The number of H-pyrrole nitrogens is 1. The predicted molar refractivity (Wildman–Crippen MR) is 76.0 cm³/mol. The summed E-state index contributed by atoms with van der Waals surface area (Å²) in [5.74, 6) is 0.248. The zero-order chi connectivity index (χ0) is 14.4.